The molecule has 0 radical (unpaired) electrons. The first-order valence-electron chi connectivity index (χ1n) is 9.47. The van der Waals surface area contributed by atoms with Gasteiger partial charge < -0.3 is 14.8 Å². The predicted molar refractivity (Wildman–Crippen MR) is 113 cm³/mol. The Kier molecular flexibility index (Phi) is 6.39. The number of carbonyl (C=O) groups excluding carboxylic acids is 1. The van der Waals surface area contributed by atoms with E-state index in [1.165, 1.54) is 4.57 Å². The Bertz CT molecular complexity index is 1030. The molecule has 29 heavy (non-hydrogen) atoms. The second kappa shape index (κ2) is 9.14. The van der Waals surface area contributed by atoms with Gasteiger partial charge >= 0.3 is 0 Å². The summed E-state index contributed by atoms with van der Waals surface area (Å²) >= 11 is 0. The summed E-state index contributed by atoms with van der Waals surface area (Å²) in [6.07, 6.45) is 4.98. The van der Waals surface area contributed by atoms with Gasteiger partial charge in [-0.3, -0.25) is 19.6 Å². The molecule has 3 rings (SSSR count). The van der Waals surface area contributed by atoms with Crippen LogP contribution in [0, 0.1) is 13.8 Å². The number of hydrogen-bond acceptors (Lipinski definition) is 5. The van der Waals surface area contributed by atoms with Gasteiger partial charge in [0.15, 0.2) is 0 Å². The minimum atomic E-state index is -0.363. The van der Waals surface area contributed by atoms with Crippen molar-refractivity contribution in [2.75, 3.05) is 25.0 Å². The number of pyridine rings is 1. The lowest BCUT2D eigenvalue weighted by Crippen LogP contribution is -2.37. The second-order valence-corrected chi connectivity index (χ2v) is 6.97. The summed E-state index contributed by atoms with van der Waals surface area (Å²) in [5.41, 5.74) is 3.02. The first-order chi connectivity index (χ1) is 14.0. The van der Waals surface area contributed by atoms with Crippen molar-refractivity contribution in [2.45, 2.75) is 20.4 Å². The standard InChI is InChI=1S/C22H25N5O2/c1-16-9-11-27(15-18-14-24-17(2)13-25-18)22(29)20(16)21(28)23-10-12-26(3)19-7-5-4-6-8-19/h4-9,11,13-14H,10,12,15H2,1-3H3,(H,23,28). The van der Waals surface area contributed by atoms with Crippen LogP contribution in [0.5, 0.6) is 0 Å². The third kappa shape index (κ3) is 5.07. The van der Waals surface area contributed by atoms with E-state index in [1.807, 2.05) is 49.2 Å². The van der Waals surface area contributed by atoms with Crippen LogP contribution >= 0.6 is 0 Å². The molecule has 7 nitrogen and oxygen atoms in total. The number of benzene rings is 1. The molecule has 0 aliphatic heterocycles. The lowest BCUT2D eigenvalue weighted by molar-refractivity contribution is 0.0952. The number of hydrogen-bond donors (Lipinski definition) is 1. The predicted octanol–water partition coefficient (Wildman–Crippen LogP) is 2.17. The summed E-state index contributed by atoms with van der Waals surface area (Å²) < 4.78 is 1.48. The zero-order valence-corrected chi connectivity index (χ0v) is 16.9. The fraction of sp³-hybridized carbons (Fsp3) is 0.273. The first kappa shape index (κ1) is 20.3. The average Bonchev–Trinajstić information content (AvgIpc) is 2.72. The highest BCUT2D eigenvalue weighted by atomic mass is 16.2. The minimum Gasteiger partial charge on any atom is -0.373 e. The maximum Gasteiger partial charge on any atom is 0.264 e. The molecular formula is C22H25N5O2. The van der Waals surface area contributed by atoms with Crippen LogP contribution in [-0.4, -0.2) is 40.6 Å². The highest BCUT2D eigenvalue weighted by molar-refractivity contribution is 5.95. The number of carbonyl (C=O) groups is 1. The van der Waals surface area contributed by atoms with Gasteiger partial charge in [0.25, 0.3) is 11.5 Å². The summed E-state index contributed by atoms with van der Waals surface area (Å²) in [5.74, 6) is -0.363. The average molecular weight is 391 g/mol. The van der Waals surface area contributed by atoms with E-state index in [9.17, 15) is 9.59 Å². The molecule has 1 amide bonds. The molecule has 0 bridgehead atoms. The molecular weight excluding hydrogens is 366 g/mol. The Labute approximate surface area is 170 Å². The monoisotopic (exact) mass is 391 g/mol. The van der Waals surface area contributed by atoms with Crippen molar-refractivity contribution in [1.82, 2.24) is 19.9 Å². The molecule has 1 aromatic carbocycles. The molecule has 2 aromatic heterocycles. The lowest BCUT2D eigenvalue weighted by Gasteiger charge is -2.19. The van der Waals surface area contributed by atoms with E-state index in [0.717, 1.165) is 11.4 Å². The van der Waals surface area contributed by atoms with Crippen LogP contribution < -0.4 is 15.8 Å². The van der Waals surface area contributed by atoms with Gasteiger partial charge in [0.1, 0.15) is 5.56 Å². The van der Waals surface area contributed by atoms with E-state index in [1.54, 1.807) is 31.6 Å². The molecule has 150 valence electrons. The van der Waals surface area contributed by atoms with Crippen LogP contribution in [0.2, 0.25) is 0 Å². The van der Waals surface area contributed by atoms with Crippen LogP contribution in [0.1, 0.15) is 27.3 Å². The number of amides is 1. The quantitative estimate of drug-likeness (QED) is 0.668. The Morgan fingerprint density at radius 2 is 1.86 bits per heavy atom. The van der Waals surface area contributed by atoms with Crippen LogP contribution in [0.15, 0.2) is 59.8 Å². The maximum absolute atomic E-state index is 12.9. The summed E-state index contributed by atoms with van der Waals surface area (Å²) in [6, 6.07) is 11.7. The number of aryl methyl sites for hydroxylation is 2. The topological polar surface area (TPSA) is 80.1 Å². The van der Waals surface area contributed by atoms with Gasteiger partial charge in [0, 0.05) is 38.2 Å². The summed E-state index contributed by atoms with van der Waals surface area (Å²) in [6.45, 7) is 4.95. The van der Waals surface area contributed by atoms with Crippen molar-refractivity contribution < 1.29 is 4.79 Å². The van der Waals surface area contributed by atoms with Crippen molar-refractivity contribution in [3.05, 3.63) is 87.9 Å². The normalized spacial score (nSPS) is 10.6. The molecule has 1 N–H and O–H groups in total. The lowest BCUT2D eigenvalue weighted by atomic mass is 10.1. The van der Waals surface area contributed by atoms with Gasteiger partial charge in [0.05, 0.1) is 24.1 Å². The van der Waals surface area contributed by atoms with Crippen LogP contribution in [0.25, 0.3) is 0 Å². The zero-order valence-electron chi connectivity index (χ0n) is 16.9. The Balaban J connectivity index is 1.68. The van der Waals surface area contributed by atoms with E-state index in [4.69, 9.17) is 0 Å². The molecule has 0 aliphatic rings. The molecule has 2 heterocycles. The Morgan fingerprint density at radius 3 is 2.55 bits per heavy atom. The maximum atomic E-state index is 12.9. The van der Waals surface area contributed by atoms with Crippen molar-refractivity contribution in [2.24, 2.45) is 0 Å². The summed E-state index contributed by atoms with van der Waals surface area (Å²) in [4.78, 5) is 36.1. The van der Waals surface area contributed by atoms with Crippen LogP contribution in [0.4, 0.5) is 5.69 Å². The van der Waals surface area contributed by atoms with E-state index in [2.05, 4.69) is 15.3 Å². The highest BCUT2D eigenvalue weighted by Crippen LogP contribution is 2.10. The van der Waals surface area contributed by atoms with E-state index >= 15 is 0 Å². The van der Waals surface area contributed by atoms with Crippen molar-refractivity contribution >= 4 is 11.6 Å². The smallest absolute Gasteiger partial charge is 0.264 e. The van der Waals surface area contributed by atoms with Crippen molar-refractivity contribution in [1.29, 1.82) is 0 Å². The number of para-hydroxylation sites is 1. The zero-order chi connectivity index (χ0) is 20.8. The van der Waals surface area contributed by atoms with Gasteiger partial charge in [-0.2, -0.15) is 0 Å². The Hall–Kier alpha value is -3.48. The summed E-state index contributed by atoms with van der Waals surface area (Å²) in [7, 11) is 1.96. The van der Waals surface area contributed by atoms with Crippen LogP contribution in [-0.2, 0) is 6.54 Å². The molecule has 0 aliphatic carbocycles. The highest BCUT2D eigenvalue weighted by Gasteiger charge is 2.16. The van der Waals surface area contributed by atoms with Gasteiger partial charge in [-0.25, -0.2) is 0 Å². The molecule has 0 saturated heterocycles. The molecule has 0 fully saturated rings. The number of anilines is 1. The molecule has 0 unspecified atom stereocenters. The number of rotatable bonds is 7. The molecule has 0 atom stereocenters. The van der Waals surface area contributed by atoms with Crippen molar-refractivity contribution in [3.8, 4) is 0 Å². The number of nitrogens with zero attached hydrogens (tertiary/aromatic N) is 4. The van der Waals surface area contributed by atoms with Gasteiger partial charge in [-0.05, 0) is 37.6 Å². The SMILES string of the molecule is Cc1cnc(Cn2ccc(C)c(C(=O)NCCN(C)c3ccccc3)c2=O)cn1. The Morgan fingerprint density at radius 1 is 1.10 bits per heavy atom. The summed E-state index contributed by atoms with van der Waals surface area (Å²) in [5, 5.41) is 2.86. The molecule has 7 heteroatoms. The van der Waals surface area contributed by atoms with E-state index in [0.29, 0.717) is 24.3 Å². The second-order valence-electron chi connectivity index (χ2n) is 6.97. The van der Waals surface area contributed by atoms with Gasteiger partial charge in [0.2, 0.25) is 0 Å². The van der Waals surface area contributed by atoms with Gasteiger partial charge in [-0.1, -0.05) is 18.2 Å². The minimum absolute atomic E-state index is 0.162. The fourth-order valence-electron chi connectivity index (χ4n) is 2.98. The third-order valence-electron chi connectivity index (χ3n) is 4.70. The third-order valence-corrected chi connectivity index (χ3v) is 4.70. The largest absolute Gasteiger partial charge is 0.373 e. The molecule has 0 spiro atoms. The molecule has 3 aromatic rings. The number of likely N-dealkylation sites (N-methyl/N-ethyl adjacent to an activating group) is 1. The number of nitrogens with one attached hydrogen (secondary N) is 1. The molecule has 0 saturated carbocycles. The van der Waals surface area contributed by atoms with E-state index in [-0.39, 0.29) is 23.6 Å². The first-order valence-corrected chi connectivity index (χ1v) is 9.47. The van der Waals surface area contributed by atoms with Gasteiger partial charge in [-0.15, -0.1) is 0 Å². The van der Waals surface area contributed by atoms with E-state index < -0.39 is 0 Å². The van der Waals surface area contributed by atoms with Crippen molar-refractivity contribution in [3.63, 3.8) is 0 Å². The number of aromatic nitrogens is 3. The van der Waals surface area contributed by atoms with Crippen LogP contribution in [0.3, 0.4) is 0 Å². The fourth-order valence-corrected chi connectivity index (χ4v) is 2.98.